The summed E-state index contributed by atoms with van der Waals surface area (Å²) in [6.07, 6.45) is 4.51. The standard InChI is InChI=1S/C14H16ClN5O2/c1-3-4-5-6-20-11-10(12-17-8(2)22-19-12)9(15)7-16-13(11)18-14(20)21/h7H,3-6H2,1-2H3,(H,16,18,21). The van der Waals surface area contributed by atoms with Crippen LogP contribution in [-0.4, -0.2) is 24.7 Å². The second-order valence-electron chi connectivity index (χ2n) is 5.10. The van der Waals surface area contributed by atoms with E-state index in [0.29, 0.717) is 40.0 Å². The van der Waals surface area contributed by atoms with E-state index < -0.39 is 0 Å². The lowest BCUT2D eigenvalue weighted by atomic mass is 10.2. The maximum absolute atomic E-state index is 12.2. The molecule has 8 heteroatoms. The van der Waals surface area contributed by atoms with E-state index in [4.69, 9.17) is 16.1 Å². The van der Waals surface area contributed by atoms with Crippen molar-refractivity contribution < 1.29 is 4.52 Å². The van der Waals surface area contributed by atoms with Crippen LogP contribution in [0.5, 0.6) is 0 Å². The number of aromatic nitrogens is 5. The molecule has 0 atom stereocenters. The van der Waals surface area contributed by atoms with Gasteiger partial charge in [0.2, 0.25) is 11.7 Å². The van der Waals surface area contributed by atoms with Gasteiger partial charge in [0, 0.05) is 19.7 Å². The van der Waals surface area contributed by atoms with Crippen LogP contribution in [0.3, 0.4) is 0 Å². The summed E-state index contributed by atoms with van der Waals surface area (Å²) in [4.78, 5) is 23.4. The Labute approximate surface area is 131 Å². The number of aromatic amines is 1. The summed E-state index contributed by atoms with van der Waals surface area (Å²) in [5.74, 6) is 0.796. The first kappa shape index (κ1) is 14.8. The smallest absolute Gasteiger partial charge is 0.327 e. The van der Waals surface area contributed by atoms with Gasteiger partial charge in [0.25, 0.3) is 0 Å². The van der Waals surface area contributed by atoms with Gasteiger partial charge in [-0.3, -0.25) is 9.55 Å². The Morgan fingerprint density at radius 1 is 1.41 bits per heavy atom. The van der Waals surface area contributed by atoms with Crippen molar-refractivity contribution in [2.45, 2.75) is 39.7 Å². The van der Waals surface area contributed by atoms with Crippen LogP contribution in [0.25, 0.3) is 22.6 Å². The molecule has 0 aliphatic heterocycles. The van der Waals surface area contributed by atoms with Gasteiger partial charge in [0.15, 0.2) is 5.65 Å². The molecular formula is C14H16ClN5O2. The number of H-pyrrole nitrogens is 1. The lowest BCUT2D eigenvalue weighted by Gasteiger charge is -2.06. The zero-order valence-corrected chi connectivity index (χ0v) is 13.1. The Kier molecular flexibility index (Phi) is 3.98. The number of unbranched alkanes of at least 4 members (excludes halogenated alkanes) is 2. The third kappa shape index (κ3) is 2.52. The van der Waals surface area contributed by atoms with Crippen LogP contribution in [0, 0.1) is 6.92 Å². The topological polar surface area (TPSA) is 89.6 Å². The number of aryl methyl sites for hydroxylation is 2. The first-order chi connectivity index (χ1) is 10.6. The van der Waals surface area contributed by atoms with Crippen molar-refractivity contribution in [2.75, 3.05) is 0 Å². The predicted molar refractivity (Wildman–Crippen MR) is 82.9 cm³/mol. The molecule has 0 bridgehead atoms. The molecule has 0 amide bonds. The SMILES string of the molecule is CCCCCn1c(=O)[nH]c2ncc(Cl)c(-c3noc(C)n3)c21. The molecule has 3 rings (SSSR count). The number of halogens is 1. The Bertz CT molecular complexity index is 864. The van der Waals surface area contributed by atoms with E-state index in [1.165, 1.54) is 6.20 Å². The van der Waals surface area contributed by atoms with Gasteiger partial charge in [-0.05, 0) is 6.42 Å². The molecule has 3 aromatic heterocycles. The number of imidazole rings is 1. The molecule has 0 saturated carbocycles. The highest BCUT2D eigenvalue weighted by atomic mass is 35.5. The van der Waals surface area contributed by atoms with Gasteiger partial charge in [0.1, 0.15) is 5.52 Å². The van der Waals surface area contributed by atoms with Gasteiger partial charge in [-0.15, -0.1) is 0 Å². The third-order valence-electron chi connectivity index (χ3n) is 3.48. The van der Waals surface area contributed by atoms with E-state index in [1.807, 2.05) is 0 Å². The van der Waals surface area contributed by atoms with Gasteiger partial charge in [-0.2, -0.15) is 4.98 Å². The average Bonchev–Trinajstić information content (AvgIpc) is 3.04. The first-order valence-corrected chi connectivity index (χ1v) is 7.57. The van der Waals surface area contributed by atoms with Crippen molar-refractivity contribution in [3.63, 3.8) is 0 Å². The quantitative estimate of drug-likeness (QED) is 0.730. The second kappa shape index (κ2) is 5.92. The number of pyridine rings is 1. The van der Waals surface area contributed by atoms with E-state index in [2.05, 4.69) is 27.0 Å². The minimum atomic E-state index is -0.206. The number of hydrogen-bond donors (Lipinski definition) is 1. The molecule has 22 heavy (non-hydrogen) atoms. The van der Waals surface area contributed by atoms with Crippen molar-refractivity contribution in [1.29, 1.82) is 0 Å². The van der Waals surface area contributed by atoms with Crippen LogP contribution in [0.1, 0.15) is 32.1 Å². The highest BCUT2D eigenvalue weighted by Gasteiger charge is 2.20. The van der Waals surface area contributed by atoms with E-state index in [1.54, 1.807) is 11.5 Å². The van der Waals surface area contributed by atoms with Gasteiger partial charge in [-0.25, -0.2) is 9.78 Å². The molecule has 1 N–H and O–H groups in total. The largest absolute Gasteiger partial charge is 0.339 e. The molecule has 0 spiro atoms. The fraction of sp³-hybridized carbons (Fsp3) is 0.429. The number of nitrogens with one attached hydrogen (secondary N) is 1. The number of fused-ring (bicyclic) bond motifs is 1. The van der Waals surface area contributed by atoms with Crippen molar-refractivity contribution in [3.05, 3.63) is 27.6 Å². The Balaban J connectivity index is 2.21. The normalized spacial score (nSPS) is 11.4. The monoisotopic (exact) mass is 321 g/mol. The molecule has 0 aliphatic rings. The first-order valence-electron chi connectivity index (χ1n) is 7.19. The number of nitrogens with zero attached hydrogens (tertiary/aromatic N) is 4. The lowest BCUT2D eigenvalue weighted by Crippen LogP contribution is -2.17. The van der Waals surface area contributed by atoms with Crippen molar-refractivity contribution in [3.8, 4) is 11.4 Å². The highest BCUT2D eigenvalue weighted by molar-refractivity contribution is 6.34. The van der Waals surface area contributed by atoms with Crippen LogP contribution in [0.15, 0.2) is 15.5 Å². The zero-order valence-electron chi connectivity index (χ0n) is 12.4. The molecular weight excluding hydrogens is 306 g/mol. The van der Waals surface area contributed by atoms with E-state index in [0.717, 1.165) is 19.3 Å². The predicted octanol–water partition coefficient (Wildman–Crippen LogP) is 2.93. The van der Waals surface area contributed by atoms with Crippen molar-refractivity contribution >= 4 is 22.8 Å². The molecule has 0 aliphatic carbocycles. The van der Waals surface area contributed by atoms with Crippen LogP contribution in [-0.2, 0) is 6.54 Å². The molecule has 0 saturated heterocycles. The van der Waals surface area contributed by atoms with Gasteiger partial charge in [0.05, 0.1) is 10.6 Å². The fourth-order valence-corrected chi connectivity index (χ4v) is 2.67. The summed E-state index contributed by atoms with van der Waals surface area (Å²) in [6, 6.07) is 0. The summed E-state index contributed by atoms with van der Waals surface area (Å²) in [6.45, 7) is 4.41. The van der Waals surface area contributed by atoms with Crippen LogP contribution in [0.4, 0.5) is 0 Å². The molecule has 116 valence electrons. The summed E-state index contributed by atoms with van der Waals surface area (Å²) in [5.41, 5.74) is 1.46. The van der Waals surface area contributed by atoms with E-state index in [9.17, 15) is 4.79 Å². The Morgan fingerprint density at radius 2 is 2.23 bits per heavy atom. The van der Waals surface area contributed by atoms with Crippen molar-refractivity contribution in [1.82, 2.24) is 24.7 Å². The zero-order chi connectivity index (χ0) is 15.7. The summed E-state index contributed by atoms with van der Waals surface area (Å²) >= 11 is 6.28. The average molecular weight is 322 g/mol. The summed E-state index contributed by atoms with van der Waals surface area (Å²) in [7, 11) is 0. The lowest BCUT2D eigenvalue weighted by molar-refractivity contribution is 0.394. The molecule has 0 aromatic carbocycles. The summed E-state index contributed by atoms with van der Waals surface area (Å²) < 4.78 is 6.67. The van der Waals surface area contributed by atoms with Crippen LogP contribution in [0.2, 0.25) is 5.02 Å². The van der Waals surface area contributed by atoms with Crippen LogP contribution < -0.4 is 5.69 Å². The van der Waals surface area contributed by atoms with Crippen molar-refractivity contribution in [2.24, 2.45) is 0 Å². The van der Waals surface area contributed by atoms with Gasteiger partial charge < -0.3 is 4.52 Å². The maximum Gasteiger partial charge on any atom is 0.327 e. The minimum absolute atomic E-state index is 0.206. The number of rotatable bonds is 5. The molecule has 0 unspecified atom stereocenters. The number of hydrogen-bond acceptors (Lipinski definition) is 5. The Morgan fingerprint density at radius 3 is 2.91 bits per heavy atom. The van der Waals surface area contributed by atoms with Crippen LogP contribution >= 0.6 is 11.6 Å². The molecule has 0 radical (unpaired) electrons. The Hall–Kier alpha value is -2.15. The third-order valence-corrected chi connectivity index (χ3v) is 3.77. The highest BCUT2D eigenvalue weighted by Crippen LogP contribution is 2.31. The molecule has 3 aromatic rings. The molecule has 7 nitrogen and oxygen atoms in total. The summed E-state index contributed by atoms with van der Waals surface area (Å²) in [5, 5.41) is 4.30. The molecule has 0 fully saturated rings. The minimum Gasteiger partial charge on any atom is -0.339 e. The van der Waals surface area contributed by atoms with Gasteiger partial charge in [-0.1, -0.05) is 36.5 Å². The maximum atomic E-state index is 12.2. The fourth-order valence-electron chi connectivity index (χ4n) is 2.45. The van der Waals surface area contributed by atoms with E-state index >= 15 is 0 Å². The molecule has 3 heterocycles. The van der Waals surface area contributed by atoms with Gasteiger partial charge >= 0.3 is 5.69 Å². The second-order valence-corrected chi connectivity index (χ2v) is 5.51. The van der Waals surface area contributed by atoms with E-state index in [-0.39, 0.29) is 5.69 Å².